The third-order valence-corrected chi connectivity index (χ3v) is 0.986. The molecule has 0 saturated carbocycles. The minimum absolute atomic E-state index is 1.09. The number of rotatable bonds is 4. The first-order valence-electron chi connectivity index (χ1n) is 3.23. The molecule has 1 radical (unpaired) electrons. The van der Waals surface area contributed by atoms with Crippen molar-refractivity contribution in [1.82, 2.24) is 0 Å². The zero-order valence-electron chi connectivity index (χ0n) is 5.91. The minimum Gasteiger partial charge on any atom is -0.101 e. The van der Waals surface area contributed by atoms with Gasteiger partial charge in [-0.25, -0.2) is 0 Å². The fourth-order valence-electron chi connectivity index (χ4n) is 0.553. The predicted molar refractivity (Wildman–Crippen MR) is 40.5 cm³/mol. The molecule has 0 nitrogen and oxygen atoms in total. The second kappa shape index (κ2) is 4.95. The summed E-state index contributed by atoms with van der Waals surface area (Å²) in [6.07, 6.45) is 3.58. The van der Waals surface area contributed by atoms with Crippen molar-refractivity contribution in [3.63, 3.8) is 0 Å². The molecular formula is C7H14B. The summed E-state index contributed by atoms with van der Waals surface area (Å²) in [6, 6.07) is 0. The molecule has 0 N–H and O–H groups in total. The van der Waals surface area contributed by atoms with Gasteiger partial charge in [0.2, 0.25) is 0 Å². The van der Waals surface area contributed by atoms with Crippen molar-refractivity contribution < 1.29 is 0 Å². The SMILES string of the molecule is C=C(C)C[B]CCC. The Morgan fingerprint density at radius 3 is 2.62 bits per heavy atom. The van der Waals surface area contributed by atoms with Crippen molar-refractivity contribution in [3.05, 3.63) is 12.2 Å². The largest absolute Gasteiger partial charge is 0.114 e. The van der Waals surface area contributed by atoms with Gasteiger partial charge in [0.25, 0.3) is 0 Å². The molecule has 0 bridgehead atoms. The van der Waals surface area contributed by atoms with Gasteiger partial charge in [0.05, 0.1) is 0 Å². The highest BCUT2D eigenvalue weighted by molar-refractivity contribution is 6.36. The van der Waals surface area contributed by atoms with Gasteiger partial charge in [0.15, 0.2) is 0 Å². The average molecular weight is 109 g/mol. The molecule has 0 heterocycles. The fourth-order valence-corrected chi connectivity index (χ4v) is 0.553. The Morgan fingerprint density at radius 1 is 1.62 bits per heavy atom. The van der Waals surface area contributed by atoms with Crippen LogP contribution in [-0.2, 0) is 0 Å². The molecule has 0 aliphatic rings. The molecular weight excluding hydrogens is 94.9 g/mol. The maximum atomic E-state index is 3.80. The summed E-state index contributed by atoms with van der Waals surface area (Å²) in [6.45, 7) is 8.05. The smallest absolute Gasteiger partial charge is 0.101 e. The van der Waals surface area contributed by atoms with Crippen molar-refractivity contribution in [2.75, 3.05) is 0 Å². The van der Waals surface area contributed by atoms with Crippen LogP contribution in [0.5, 0.6) is 0 Å². The van der Waals surface area contributed by atoms with Crippen LogP contribution in [0.25, 0.3) is 0 Å². The van der Waals surface area contributed by atoms with E-state index in [0.29, 0.717) is 0 Å². The molecule has 0 spiro atoms. The quantitative estimate of drug-likeness (QED) is 0.295. The Hall–Kier alpha value is -0.195. The van der Waals surface area contributed by atoms with Crippen LogP contribution in [0.3, 0.4) is 0 Å². The standard InChI is InChI=1S/C7H14B/c1-4-5-8-6-7(2)3/h2,4-6H2,1,3H3. The minimum atomic E-state index is 1.09. The molecule has 0 amide bonds. The van der Waals surface area contributed by atoms with Crippen molar-refractivity contribution in [2.24, 2.45) is 0 Å². The van der Waals surface area contributed by atoms with Gasteiger partial charge in [-0.15, -0.1) is 6.58 Å². The van der Waals surface area contributed by atoms with Gasteiger partial charge in [0.1, 0.15) is 7.28 Å². The summed E-state index contributed by atoms with van der Waals surface area (Å²) in [4.78, 5) is 0. The third kappa shape index (κ3) is 5.80. The zero-order chi connectivity index (χ0) is 6.41. The number of hydrogen-bond donors (Lipinski definition) is 0. The molecule has 0 fully saturated rings. The summed E-state index contributed by atoms with van der Waals surface area (Å²) in [5, 5.41) is 0. The highest BCUT2D eigenvalue weighted by Crippen LogP contribution is 1.98. The van der Waals surface area contributed by atoms with E-state index in [2.05, 4.69) is 27.7 Å². The van der Waals surface area contributed by atoms with Gasteiger partial charge < -0.3 is 0 Å². The van der Waals surface area contributed by atoms with E-state index in [4.69, 9.17) is 0 Å². The van der Waals surface area contributed by atoms with Crippen LogP contribution in [-0.4, -0.2) is 7.28 Å². The Morgan fingerprint density at radius 2 is 2.25 bits per heavy atom. The highest BCUT2D eigenvalue weighted by atomic mass is 13.7. The summed E-state index contributed by atoms with van der Waals surface area (Å²) in [5.74, 6) is 0. The van der Waals surface area contributed by atoms with Crippen LogP contribution in [0.1, 0.15) is 20.3 Å². The van der Waals surface area contributed by atoms with Gasteiger partial charge in [-0.2, -0.15) is 0 Å². The molecule has 0 unspecified atom stereocenters. The van der Waals surface area contributed by atoms with Gasteiger partial charge in [-0.1, -0.05) is 31.6 Å². The summed E-state index contributed by atoms with van der Waals surface area (Å²) in [5.41, 5.74) is 1.26. The Bertz CT molecular complexity index is 66.8. The van der Waals surface area contributed by atoms with E-state index in [9.17, 15) is 0 Å². The van der Waals surface area contributed by atoms with E-state index in [1.807, 2.05) is 0 Å². The summed E-state index contributed by atoms with van der Waals surface area (Å²) < 4.78 is 0. The first-order chi connectivity index (χ1) is 3.77. The Balaban J connectivity index is 2.82. The highest BCUT2D eigenvalue weighted by Gasteiger charge is 1.87. The Labute approximate surface area is 53.2 Å². The van der Waals surface area contributed by atoms with Gasteiger partial charge >= 0.3 is 0 Å². The van der Waals surface area contributed by atoms with E-state index in [-0.39, 0.29) is 0 Å². The molecule has 0 saturated heterocycles. The van der Waals surface area contributed by atoms with Crippen LogP contribution in [0.4, 0.5) is 0 Å². The second-order valence-corrected chi connectivity index (χ2v) is 2.24. The molecule has 8 heavy (non-hydrogen) atoms. The lowest BCUT2D eigenvalue weighted by Gasteiger charge is -1.92. The normalized spacial score (nSPS) is 8.75. The average Bonchev–Trinajstić information content (AvgIpc) is 1.66. The lowest BCUT2D eigenvalue weighted by atomic mass is 9.68. The maximum Gasteiger partial charge on any atom is 0.114 e. The topological polar surface area (TPSA) is 0 Å². The van der Waals surface area contributed by atoms with Crippen LogP contribution >= 0.6 is 0 Å². The van der Waals surface area contributed by atoms with Crippen LogP contribution < -0.4 is 0 Å². The molecule has 0 aromatic heterocycles. The predicted octanol–water partition coefficient (Wildman–Crippen LogP) is 2.51. The van der Waals surface area contributed by atoms with Crippen LogP contribution in [0, 0.1) is 0 Å². The van der Waals surface area contributed by atoms with Crippen molar-refractivity contribution in [2.45, 2.75) is 32.9 Å². The lowest BCUT2D eigenvalue weighted by Crippen LogP contribution is -1.86. The Kier molecular flexibility index (Phi) is 4.83. The van der Waals surface area contributed by atoms with Crippen LogP contribution in [0.2, 0.25) is 12.6 Å². The third-order valence-electron chi connectivity index (χ3n) is 0.986. The van der Waals surface area contributed by atoms with Crippen molar-refractivity contribution in [1.29, 1.82) is 0 Å². The monoisotopic (exact) mass is 109 g/mol. The molecule has 1 heteroatoms. The number of allylic oxidation sites excluding steroid dienone is 1. The molecule has 0 atom stereocenters. The van der Waals surface area contributed by atoms with E-state index in [1.165, 1.54) is 18.3 Å². The number of hydrogen-bond acceptors (Lipinski definition) is 0. The summed E-state index contributed by atoms with van der Waals surface area (Å²) >= 11 is 0. The molecule has 0 rings (SSSR count). The van der Waals surface area contributed by atoms with E-state index < -0.39 is 0 Å². The molecule has 45 valence electrons. The molecule has 0 aliphatic heterocycles. The van der Waals surface area contributed by atoms with Gasteiger partial charge in [-0.05, 0) is 6.92 Å². The molecule has 0 aromatic rings. The van der Waals surface area contributed by atoms with Crippen molar-refractivity contribution in [3.8, 4) is 0 Å². The van der Waals surface area contributed by atoms with Crippen molar-refractivity contribution >= 4 is 7.28 Å². The van der Waals surface area contributed by atoms with Gasteiger partial charge in [-0.3, -0.25) is 0 Å². The first kappa shape index (κ1) is 7.80. The second-order valence-electron chi connectivity index (χ2n) is 2.24. The zero-order valence-corrected chi connectivity index (χ0v) is 5.91. The van der Waals surface area contributed by atoms with Crippen LogP contribution in [0.15, 0.2) is 12.2 Å². The lowest BCUT2D eigenvalue weighted by molar-refractivity contribution is 1.07. The van der Waals surface area contributed by atoms with E-state index in [1.54, 1.807) is 0 Å². The summed E-state index contributed by atoms with van der Waals surface area (Å²) in [7, 11) is 2.28. The fraction of sp³-hybridized carbons (Fsp3) is 0.714. The maximum absolute atomic E-state index is 3.80. The first-order valence-corrected chi connectivity index (χ1v) is 3.23. The van der Waals surface area contributed by atoms with Gasteiger partial charge in [0, 0.05) is 0 Å². The molecule has 0 aliphatic carbocycles. The molecule has 0 aromatic carbocycles. The van der Waals surface area contributed by atoms with E-state index in [0.717, 1.165) is 6.32 Å². The van der Waals surface area contributed by atoms with E-state index >= 15 is 0 Å².